The van der Waals surface area contributed by atoms with Crippen LogP contribution in [-0.4, -0.2) is 29.8 Å². The fourth-order valence-corrected chi connectivity index (χ4v) is 4.57. The zero-order valence-corrected chi connectivity index (χ0v) is 16.8. The van der Waals surface area contributed by atoms with Crippen molar-refractivity contribution in [2.45, 2.75) is 32.4 Å². The lowest BCUT2D eigenvalue weighted by atomic mass is 9.96. The Morgan fingerprint density at radius 1 is 1.03 bits per heavy atom. The molecule has 0 saturated heterocycles. The Bertz CT molecular complexity index is 1170. The van der Waals surface area contributed by atoms with Crippen molar-refractivity contribution in [2.24, 2.45) is 0 Å². The van der Waals surface area contributed by atoms with Gasteiger partial charge in [-0.15, -0.1) is 0 Å². The Labute approximate surface area is 169 Å². The first-order chi connectivity index (χ1) is 14.1. The number of anilines is 2. The van der Waals surface area contributed by atoms with Crippen LogP contribution in [0.15, 0.2) is 47.3 Å². The maximum atomic E-state index is 12.9. The summed E-state index contributed by atoms with van der Waals surface area (Å²) in [4.78, 5) is 19.5. The molecule has 0 amide bonds. The molecule has 6 nitrogen and oxygen atoms in total. The summed E-state index contributed by atoms with van der Waals surface area (Å²) in [6.45, 7) is 2.77. The molecule has 0 spiro atoms. The van der Waals surface area contributed by atoms with E-state index < -0.39 is 0 Å². The second-order valence-electron chi connectivity index (χ2n) is 7.60. The molecule has 3 aromatic rings. The Morgan fingerprint density at radius 3 is 2.59 bits per heavy atom. The van der Waals surface area contributed by atoms with Crippen molar-refractivity contribution in [2.75, 3.05) is 19.1 Å². The van der Waals surface area contributed by atoms with E-state index >= 15 is 0 Å². The van der Waals surface area contributed by atoms with E-state index in [1.807, 2.05) is 24.3 Å². The summed E-state index contributed by atoms with van der Waals surface area (Å²) in [6, 6.07) is 14.6. The van der Waals surface area contributed by atoms with E-state index in [-0.39, 0.29) is 11.7 Å². The van der Waals surface area contributed by atoms with Crippen LogP contribution in [0.1, 0.15) is 18.1 Å². The van der Waals surface area contributed by atoms with Gasteiger partial charge in [-0.05, 0) is 49.1 Å². The number of methoxy groups -OCH3 is 2. The van der Waals surface area contributed by atoms with Gasteiger partial charge in [-0.2, -0.15) is 4.98 Å². The largest absolute Gasteiger partial charge is 0.493 e. The maximum absolute atomic E-state index is 12.9. The third kappa shape index (κ3) is 2.70. The SMILES string of the molecule is COc1cc2c(cc1OC)-c1cc(N3c4ccccc4C[C@H]3C)nc(=O)n1CC2. The molecule has 0 aliphatic carbocycles. The molecule has 2 aromatic carbocycles. The predicted molar refractivity (Wildman–Crippen MR) is 112 cm³/mol. The van der Waals surface area contributed by atoms with Crippen molar-refractivity contribution < 1.29 is 9.47 Å². The fourth-order valence-electron chi connectivity index (χ4n) is 4.57. The molecule has 0 unspecified atom stereocenters. The van der Waals surface area contributed by atoms with Gasteiger partial charge in [-0.25, -0.2) is 4.79 Å². The molecule has 3 heterocycles. The highest BCUT2D eigenvalue weighted by molar-refractivity contribution is 5.75. The number of aromatic nitrogens is 2. The minimum absolute atomic E-state index is 0.213. The molecule has 0 radical (unpaired) electrons. The number of aryl methyl sites for hydroxylation is 1. The molecule has 2 aliphatic rings. The van der Waals surface area contributed by atoms with Crippen molar-refractivity contribution in [3.63, 3.8) is 0 Å². The Kier molecular flexibility index (Phi) is 4.08. The first-order valence-electron chi connectivity index (χ1n) is 9.85. The Balaban J connectivity index is 1.69. The Hall–Kier alpha value is -3.28. The molecular formula is C23H23N3O3. The summed E-state index contributed by atoms with van der Waals surface area (Å²) in [6.07, 6.45) is 1.70. The highest BCUT2D eigenvalue weighted by Gasteiger charge is 2.30. The summed E-state index contributed by atoms with van der Waals surface area (Å²) in [7, 11) is 3.26. The zero-order chi connectivity index (χ0) is 20.1. The van der Waals surface area contributed by atoms with E-state index in [1.54, 1.807) is 18.8 Å². The summed E-state index contributed by atoms with van der Waals surface area (Å²) in [5, 5.41) is 0. The van der Waals surface area contributed by atoms with Crippen molar-refractivity contribution in [3.8, 4) is 22.8 Å². The van der Waals surface area contributed by atoms with E-state index in [9.17, 15) is 4.79 Å². The van der Waals surface area contributed by atoms with Crippen molar-refractivity contribution in [1.82, 2.24) is 9.55 Å². The number of benzene rings is 2. The van der Waals surface area contributed by atoms with Crippen LogP contribution in [-0.2, 0) is 19.4 Å². The standard InChI is InChI=1S/C23H23N3O3/c1-14-10-16-6-4-5-7-18(16)26(14)22-13-19-17-12-21(29-3)20(28-2)11-15(17)8-9-25(19)23(27)24-22/h4-7,11-14H,8-10H2,1-3H3/t14-/m1/s1. The zero-order valence-electron chi connectivity index (χ0n) is 16.8. The second-order valence-corrected chi connectivity index (χ2v) is 7.60. The van der Waals surface area contributed by atoms with Gasteiger partial charge < -0.3 is 14.4 Å². The number of ether oxygens (including phenoxy) is 2. The van der Waals surface area contributed by atoms with Gasteiger partial charge in [0.05, 0.1) is 19.9 Å². The van der Waals surface area contributed by atoms with Crippen LogP contribution in [0.2, 0.25) is 0 Å². The smallest absolute Gasteiger partial charge is 0.350 e. The van der Waals surface area contributed by atoms with Crippen LogP contribution in [0.4, 0.5) is 11.5 Å². The molecule has 0 fully saturated rings. The number of fused-ring (bicyclic) bond motifs is 4. The number of hydrogen-bond acceptors (Lipinski definition) is 5. The summed E-state index contributed by atoms with van der Waals surface area (Å²) < 4.78 is 12.7. The lowest BCUT2D eigenvalue weighted by molar-refractivity contribution is 0.354. The van der Waals surface area contributed by atoms with Crippen LogP contribution < -0.4 is 20.1 Å². The lowest BCUT2D eigenvalue weighted by Gasteiger charge is -2.27. The van der Waals surface area contributed by atoms with Crippen molar-refractivity contribution in [1.29, 1.82) is 0 Å². The van der Waals surface area contributed by atoms with Gasteiger partial charge in [0.15, 0.2) is 11.5 Å². The topological polar surface area (TPSA) is 56.6 Å². The van der Waals surface area contributed by atoms with E-state index in [0.717, 1.165) is 35.3 Å². The summed E-state index contributed by atoms with van der Waals surface area (Å²) >= 11 is 0. The molecular weight excluding hydrogens is 366 g/mol. The Morgan fingerprint density at radius 2 is 1.79 bits per heavy atom. The van der Waals surface area contributed by atoms with Crippen LogP contribution in [0.25, 0.3) is 11.3 Å². The van der Waals surface area contributed by atoms with Gasteiger partial charge in [0.1, 0.15) is 5.82 Å². The second kappa shape index (κ2) is 6.65. The van der Waals surface area contributed by atoms with E-state index in [2.05, 4.69) is 35.0 Å². The van der Waals surface area contributed by atoms with Crippen molar-refractivity contribution in [3.05, 3.63) is 64.1 Å². The number of hydrogen-bond donors (Lipinski definition) is 0. The molecule has 6 heteroatoms. The van der Waals surface area contributed by atoms with Gasteiger partial charge in [0, 0.05) is 29.9 Å². The molecule has 1 atom stereocenters. The molecule has 2 aliphatic heterocycles. The predicted octanol–water partition coefficient (Wildman–Crippen LogP) is 3.57. The number of nitrogens with zero attached hydrogens (tertiary/aromatic N) is 3. The minimum Gasteiger partial charge on any atom is -0.493 e. The highest BCUT2D eigenvalue weighted by Crippen LogP contribution is 2.41. The average molecular weight is 389 g/mol. The molecule has 1 aromatic heterocycles. The average Bonchev–Trinajstić information content (AvgIpc) is 3.08. The molecule has 5 rings (SSSR count). The van der Waals surface area contributed by atoms with Gasteiger partial charge in [-0.3, -0.25) is 4.57 Å². The summed E-state index contributed by atoms with van der Waals surface area (Å²) in [5.41, 5.74) is 5.21. The summed E-state index contributed by atoms with van der Waals surface area (Å²) in [5.74, 6) is 2.06. The van der Waals surface area contributed by atoms with Gasteiger partial charge in [0.25, 0.3) is 0 Å². The van der Waals surface area contributed by atoms with Gasteiger partial charge >= 0.3 is 5.69 Å². The minimum atomic E-state index is -0.213. The molecule has 29 heavy (non-hydrogen) atoms. The van der Waals surface area contributed by atoms with E-state index in [4.69, 9.17) is 9.47 Å². The molecule has 0 bridgehead atoms. The monoisotopic (exact) mass is 389 g/mol. The molecule has 0 saturated carbocycles. The maximum Gasteiger partial charge on any atom is 0.350 e. The third-order valence-electron chi connectivity index (χ3n) is 5.94. The van der Waals surface area contributed by atoms with Crippen LogP contribution in [0, 0.1) is 0 Å². The first-order valence-corrected chi connectivity index (χ1v) is 9.85. The fraction of sp³-hybridized carbons (Fsp3) is 0.304. The van der Waals surface area contributed by atoms with Gasteiger partial charge in [0.2, 0.25) is 0 Å². The highest BCUT2D eigenvalue weighted by atomic mass is 16.5. The molecule has 148 valence electrons. The quantitative estimate of drug-likeness (QED) is 0.686. The van der Waals surface area contributed by atoms with Crippen LogP contribution in [0.5, 0.6) is 11.5 Å². The molecule has 0 N–H and O–H groups in total. The lowest BCUT2D eigenvalue weighted by Crippen LogP contribution is -2.32. The van der Waals surface area contributed by atoms with Crippen LogP contribution >= 0.6 is 0 Å². The first kappa shape index (κ1) is 17.8. The van der Waals surface area contributed by atoms with E-state index in [0.29, 0.717) is 23.9 Å². The van der Waals surface area contributed by atoms with Crippen LogP contribution in [0.3, 0.4) is 0 Å². The normalized spacial score (nSPS) is 16.8. The van der Waals surface area contributed by atoms with Crippen molar-refractivity contribution >= 4 is 11.5 Å². The number of para-hydroxylation sites is 1. The number of rotatable bonds is 3. The van der Waals surface area contributed by atoms with Gasteiger partial charge in [-0.1, -0.05) is 18.2 Å². The van der Waals surface area contributed by atoms with E-state index in [1.165, 1.54) is 5.56 Å². The third-order valence-corrected chi connectivity index (χ3v) is 5.94.